The maximum Gasteiger partial charge on any atom is 0.327 e. The van der Waals surface area contributed by atoms with E-state index in [4.69, 9.17) is 0 Å². The highest BCUT2D eigenvalue weighted by atomic mass is 32.2. The second kappa shape index (κ2) is 6.18. The SMILES string of the molecule is CCc1nnc(N2CCSCC2C(=O)O)nc1CC. The number of rotatable bonds is 4. The molecule has 1 atom stereocenters. The van der Waals surface area contributed by atoms with E-state index in [0.717, 1.165) is 30.0 Å². The van der Waals surface area contributed by atoms with E-state index >= 15 is 0 Å². The molecule has 2 rings (SSSR count). The maximum absolute atomic E-state index is 11.3. The molecule has 1 saturated heterocycles. The van der Waals surface area contributed by atoms with Crippen molar-refractivity contribution < 1.29 is 9.90 Å². The summed E-state index contributed by atoms with van der Waals surface area (Å²) >= 11 is 1.65. The summed E-state index contributed by atoms with van der Waals surface area (Å²) in [4.78, 5) is 17.5. The third-order valence-corrected chi connectivity index (χ3v) is 4.19. The Labute approximate surface area is 116 Å². The lowest BCUT2D eigenvalue weighted by Gasteiger charge is -2.32. The number of aryl methyl sites for hydroxylation is 2. The maximum atomic E-state index is 11.3. The Bertz CT molecular complexity index is 469. The van der Waals surface area contributed by atoms with Gasteiger partial charge >= 0.3 is 5.97 Å². The summed E-state index contributed by atoms with van der Waals surface area (Å²) < 4.78 is 0. The van der Waals surface area contributed by atoms with E-state index in [0.29, 0.717) is 18.2 Å². The van der Waals surface area contributed by atoms with E-state index in [1.54, 1.807) is 16.7 Å². The Morgan fingerprint density at radius 1 is 1.37 bits per heavy atom. The lowest BCUT2D eigenvalue weighted by atomic mass is 10.2. The van der Waals surface area contributed by atoms with E-state index in [9.17, 15) is 9.90 Å². The largest absolute Gasteiger partial charge is 0.480 e. The zero-order valence-corrected chi connectivity index (χ0v) is 12.0. The fraction of sp³-hybridized carbons (Fsp3) is 0.667. The van der Waals surface area contributed by atoms with Crippen LogP contribution < -0.4 is 4.90 Å². The van der Waals surface area contributed by atoms with E-state index in [1.165, 1.54) is 0 Å². The number of hydrogen-bond acceptors (Lipinski definition) is 6. The van der Waals surface area contributed by atoms with Crippen molar-refractivity contribution in [3.63, 3.8) is 0 Å². The summed E-state index contributed by atoms with van der Waals surface area (Å²) in [6.07, 6.45) is 1.58. The fourth-order valence-corrected chi connectivity index (χ4v) is 3.14. The lowest BCUT2D eigenvalue weighted by Crippen LogP contribution is -2.48. The lowest BCUT2D eigenvalue weighted by molar-refractivity contribution is -0.138. The summed E-state index contributed by atoms with van der Waals surface area (Å²) in [5.41, 5.74) is 1.80. The van der Waals surface area contributed by atoms with Gasteiger partial charge in [0.25, 0.3) is 0 Å². The second-order valence-corrected chi connectivity index (χ2v) is 5.48. The molecule has 1 aromatic heterocycles. The minimum absolute atomic E-state index is 0.446. The van der Waals surface area contributed by atoms with Gasteiger partial charge in [0.15, 0.2) is 0 Å². The molecule has 1 aliphatic rings. The fourth-order valence-electron chi connectivity index (χ4n) is 2.10. The van der Waals surface area contributed by atoms with Gasteiger partial charge in [-0.05, 0) is 12.8 Å². The van der Waals surface area contributed by atoms with Gasteiger partial charge in [-0.25, -0.2) is 9.78 Å². The molecule has 1 N–H and O–H groups in total. The summed E-state index contributed by atoms with van der Waals surface area (Å²) in [5, 5.41) is 17.6. The van der Waals surface area contributed by atoms with Crippen molar-refractivity contribution in [2.24, 2.45) is 0 Å². The molecule has 0 spiro atoms. The molecule has 6 nitrogen and oxygen atoms in total. The van der Waals surface area contributed by atoms with Crippen LogP contribution >= 0.6 is 11.8 Å². The molecule has 1 fully saturated rings. The van der Waals surface area contributed by atoms with Gasteiger partial charge in [0, 0.05) is 18.1 Å². The number of aliphatic carboxylic acids is 1. The van der Waals surface area contributed by atoms with Gasteiger partial charge in [-0.3, -0.25) is 0 Å². The smallest absolute Gasteiger partial charge is 0.327 e. The summed E-state index contributed by atoms with van der Waals surface area (Å²) in [6, 6.07) is -0.558. The Hall–Kier alpha value is -1.37. The van der Waals surface area contributed by atoms with E-state index in [2.05, 4.69) is 15.2 Å². The summed E-state index contributed by atoms with van der Waals surface area (Å²) in [5.74, 6) is 1.08. The molecule has 0 amide bonds. The molecular weight excluding hydrogens is 264 g/mol. The van der Waals surface area contributed by atoms with Crippen molar-refractivity contribution in [2.45, 2.75) is 32.7 Å². The molecule has 0 saturated carbocycles. The van der Waals surface area contributed by atoms with Crippen molar-refractivity contribution in [2.75, 3.05) is 23.0 Å². The van der Waals surface area contributed by atoms with Crippen molar-refractivity contribution in [1.29, 1.82) is 0 Å². The molecule has 0 aliphatic carbocycles. The molecule has 1 unspecified atom stereocenters. The van der Waals surface area contributed by atoms with Gasteiger partial charge in [-0.2, -0.15) is 16.9 Å². The average molecular weight is 282 g/mol. The number of anilines is 1. The van der Waals surface area contributed by atoms with Gasteiger partial charge in [-0.1, -0.05) is 13.8 Å². The van der Waals surface area contributed by atoms with Crippen LogP contribution in [0.5, 0.6) is 0 Å². The second-order valence-electron chi connectivity index (χ2n) is 4.33. The zero-order chi connectivity index (χ0) is 13.8. The number of hydrogen-bond donors (Lipinski definition) is 1. The van der Waals surface area contributed by atoms with Crippen LogP contribution in [0.2, 0.25) is 0 Å². The average Bonchev–Trinajstić information content (AvgIpc) is 2.46. The molecule has 0 radical (unpaired) electrons. The first kappa shape index (κ1) is 14.0. The molecular formula is C12H18N4O2S. The normalized spacial score (nSPS) is 19.5. The van der Waals surface area contributed by atoms with E-state index in [-0.39, 0.29) is 0 Å². The van der Waals surface area contributed by atoms with Gasteiger partial charge in [0.1, 0.15) is 6.04 Å². The minimum atomic E-state index is -0.826. The van der Waals surface area contributed by atoms with Gasteiger partial charge in [-0.15, -0.1) is 5.10 Å². The predicted octanol–water partition coefficient (Wildman–Crippen LogP) is 1.00. The van der Waals surface area contributed by atoms with Crippen LogP contribution in [0.1, 0.15) is 25.2 Å². The zero-order valence-electron chi connectivity index (χ0n) is 11.2. The van der Waals surface area contributed by atoms with E-state index in [1.807, 2.05) is 13.8 Å². The number of nitrogens with zero attached hydrogens (tertiary/aromatic N) is 4. The number of carboxylic acids is 1. The topological polar surface area (TPSA) is 79.2 Å². The standard InChI is InChI=1S/C12H18N4O2S/c1-3-8-9(4-2)14-15-12(13-8)16-5-6-19-7-10(16)11(17)18/h10H,3-7H2,1-2H3,(H,17,18). The van der Waals surface area contributed by atoms with Crippen molar-refractivity contribution >= 4 is 23.7 Å². The van der Waals surface area contributed by atoms with Gasteiger partial charge in [0.05, 0.1) is 11.4 Å². The molecule has 0 bridgehead atoms. The van der Waals surface area contributed by atoms with Crippen molar-refractivity contribution in [3.8, 4) is 0 Å². The molecule has 0 aromatic carbocycles. The first-order valence-corrected chi connectivity index (χ1v) is 7.62. The Kier molecular flexibility index (Phi) is 4.57. The van der Waals surface area contributed by atoms with Crippen LogP contribution in [0.3, 0.4) is 0 Å². The number of thioether (sulfide) groups is 1. The molecule has 19 heavy (non-hydrogen) atoms. The predicted molar refractivity (Wildman–Crippen MR) is 74.7 cm³/mol. The molecule has 104 valence electrons. The van der Waals surface area contributed by atoms with Crippen LogP contribution in [-0.2, 0) is 17.6 Å². The quantitative estimate of drug-likeness (QED) is 0.882. The highest BCUT2D eigenvalue weighted by Gasteiger charge is 2.31. The number of carboxylic acid groups (broad SMARTS) is 1. The van der Waals surface area contributed by atoms with E-state index < -0.39 is 12.0 Å². The monoisotopic (exact) mass is 282 g/mol. The number of carbonyl (C=O) groups is 1. The molecule has 7 heteroatoms. The third-order valence-electron chi connectivity index (χ3n) is 3.17. The van der Waals surface area contributed by atoms with Crippen molar-refractivity contribution in [1.82, 2.24) is 15.2 Å². The Morgan fingerprint density at radius 2 is 2.11 bits per heavy atom. The highest BCUT2D eigenvalue weighted by molar-refractivity contribution is 7.99. The summed E-state index contributed by atoms with van der Waals surface area (Å²) in [6.45, 7) is 4.69. The highest BCUT2D eigenvalue weighted by Crippen LogP contribution is 2.21. The summed E-state index contributed by atoms with van der Waals surface area (Å²) in [7, 11) is 0. The molecule has 1 aliphatic heterocycles. The first-order chi connectivity index (χ1) is 9.17. The van der Waals surface area contributed by atoms with Gasteiger partial charge < -0.3 is 10.0 Å². The molecule has 2 heterocycles. The van der Waals surface area contributed by atoms with Crippen LogP contribution in [0.4, 0.5) is 5.95 Å². The Balaban J connectivity index is 2.31. The third kappa shape index (κ3) is 2.97. The Morgan fingerprint density at radius 3 is 2.74 bits per heavy atom. The number of aromatic nitrogens is 3. The van der Waals surface area contributed by atoms with Crippen LogP contribution in [0.25, 0.3) is 0 Å². The van der Waals surface area contributed by atoms with Crippen LogP contribution in [0, 0.1) is 0 Å². The van der Waals surface area contributed by atoms with Gasteiger partial charge in [0.2, 0.25) is 5.95 Å². The minimum Gasteiger partial charge on any atom is -0.480 e. The first-order valence-electron chi connectivity index (χ1n) is 6.47. The van der Waals surface area contributed by atoms with Crippen molar-refractivity contribution in [3.05, 3.63) is 11.4 Å². The van der Waals surface area contributed by atoms with Crippen LogP contribution in [-0.4, -0.2) is 50.3 Å². The molecule has 1 aromatic rings. The van der Waals surface area contributed by atoms with Crippen LogP contribution in [0.15, 0.2) is 0 Å².